The second-order valence-electron chi connectivity index (χ2n) is 5.19. The molecule has 0 aliphatic rings. The molecule has 8 heteroatoms. The average Bonchev–Trinajstić information content (AvgIpc) is 2.50. The van der Waals surface area contributed by atoms with Gasteiger partial charge >= 0.3 is 11.7 Å². The van der Waals surface area contributed by atoms with Crippen LogP contribution in [0.3, 0.4) is 0 Å². The van der Waals surface area contributed by atoms with Gasteiger partial charge in [0.15, 0.2) is 0 Å². The van der Waals surface area contributed by atoms with E-state index in [0.29, 0.717) is 11.4 Å². The summed E-state index contributed by atoms with van der Waals surface area (Å²) in [5.74, 6) is -0.295. The number of nitrogens with one attached hydrogen (secondary N) is 2. The van der Waals surface area contributed by atoms with Crippen LogP contribution in [0.2, 0.25) is 0 Å². The van der Waals surface area contributed by atoms with Gasteiger partial charge in [-0.25, -0.2) is 4.79 Å². The fraction of sp³-hybridized carbons (Fsp3) is 0.188. The maximum atomic E-state index is 13.3. The third-order valence-corrected chi connectivity index (χ3v) is 2.88. The van der Waals surface area contributed by atoms with Crippen LogP contribution >= 0.6 is 0 Å². The summed E-state index contributed by atoms with van der Waals surface area (Å²) >= 11 is 0. The zero-order valence-electron chi connectivity index (χ0n) is 13.1. The van der Waals surface area contributed by atoms with Crippen LogP contribution in [0.4, 0.5) is 26.2 Å². The molecule has 0 spiro atoms. The van der Waals surface area contributed by atoms with Crippen molar-refractivity contribution in [1.29, 1.82) is 0 Å². The first-order chi connectivity index (χ1) is 11.3. The largest absolute Gasteiger partial charge is 0.491 e. The van der Waals surface area contributed by atoms with Crippen LogP contribution in [0, 0.1) is 15.9 Å². The summed E-state index contributed by atoms with van der Waals surface area (Å²) in [5, 5.41) is 15.7. The summed E-state index contributed by atoms with van der Waals surface area (Å²) < 4.78 is 18.7. The maximum Gasteiger partial charge on any atom is 0.323 e. The monoisotopic (exact) mass is 333 g/mol. The van der Waals surface area contributed by atoms with Crippen molar-refractivity contribution in [2.24, 2.45) is 0 Å². The number of anilines is 2. The van der Waals surface area contributed by atoms with Crippen molar-refractivity contribution in [3.63, 3.8) is 0 Å². The lowest BCUT2D eigenvalue weighted by atomic mass is 10.2. The standard InChI is InChI=1S/C16H16FN3O4/c1-10(2)24-13-6-3-11(4-7-13)18-16(21)19-12-5-8-14(17)15(9-12)20(22)23/h3-10H,1-2H3,(H2,18,19,21). The Hall–Kier alpha value is -3.16. The van der Waals surface area contributed by atoms with E-state index in [1.54, 1.807) is 24.3 Å². The highest BCUT2D eigenvalue weighted by Crippen LogP contribution is 2.22. The Labute approximate surface area is 137 Å². The molecule has 0 fully saturated rings. The van der Waals surface area contributed by atoms with Gasteiger partial charge in [-0.3, -0.25) is 10.1 Å². The molecule has 24 heavy (non-hydrogen) atoms. The molecule has 2 aromatic rings. The number of rotatable bonds is 5. The van der Waals surface area contributed by atoms with Crippen LogP contribution in [0.1, 0.15) is 13.8 Å². The van der Waals surface area contributed by atoms with Gasteiger partial charge in [0.2, 0.25) is 5.82 Å². The Morgan fingerprint density at radius 1 is 1.12 bits per heavy atom. The van der Waals surface area contributed by atoms with E-state index in [4.69, 9.17) is 4.74 Å². The highest BCUT2D eigenvalue weighted by molar-refractivity contribution is 5.99. The van der Waals surface area contributed by atoms with E-state index in [1.807, 2.05) is 13.8 Å². The number of carbonyl (C=O) groups is 1. The van der Waals surface area contributed by atoms with Gasteiger partial charge in [-0.1, -0.05) is 0 Å². The molecule has 0 aliphatic carbocycles. The molecule has 0 bridgehead atoms. The van der Waals surface area contributed by atoms with E-state index in [2.05, 4.69) is 10.6 Å². The van der Waals surface area contributed by atoms with Crippen molar-refractivity contribution in [1.82, 2.24) is 0 Å². The minimum Gasteiger partial charge on any atom is -0.491 e. The smallest absolute Gasteiger partial charge is 0.323 e. The zero-order chi connectivity index (χ0) is 17.7. The minimum atomic E-state index is -0.966. The number of benzene rings is 2. The fourth-order valence-electron chi connectivity index (χ4n) is 1.91. The molecule has 126 valence electrons. The number of nitrogens with zero attached hydrogens (tertiary/aromatic N) is 1. The Morgan fingerprint density at radius 2 is 1.71 bits per heavy atom. The van der Waals surface area contributed by atoms with Gasteiger partial charge < -0.3 is 15.4 Å². The number of hydrogen-bond donors (Lipinski definition) is 2. The highest BCUT2D eigenvalue weighted by atomic mass is 19.1. The van der Waals surface area contributed by atoms with Gasteiger partial charge in [-0.15, -0.1) is 0 Å². The first kappa shape index (κ1) is 17.2. The van der Waals surface area contributed by atoms with Crippen molar-refractivity contribution in [2.45, 2.75) is 20.0 Å². The van der Waals surface area contributed by atoms with Gasteiger partial charge in [0.1, 0.15) is 5.75 Å². The average molecular weight is 333 g/mol. The molecule has 0 heterocycles. The zero-order valence-corrected chi connectivity index (χ0v) is 13.1. The Balaban J connectivity index is 2.00. The maximum absolute atomic E-state index is 13.3. The van der Waals surface area contributed by atoms with Gasteiger partial charge in [-0.05, 0) is 50.2 Å². The molecule has 0 radical (unpaired) electrons. The van der Waals surface area contributed by atoms with Crippen LogP contribution in [-0.2, 0) is 0 Å². The summed E-state index contributed by atoms with van der Waals surface area (Å²) in [6.07, 6.45) is 0.0429. The number of nitro groups is 1. The van der Waals surface area contributed by atoms with E-state index in [1.165, 1.54) is 6.07 Å². The predicted molar refractivity (Wildman–Crippen MR) is 87.9 cm³/mol. The molecule has 0 saturated carbocycles. The van der Waals surface area contributed by atoms with Crippen molar-refractivity contribution in [3.8, 4) is 5.75 Å². The normalized spacial score (nSPS) is 10.3. The Kier molecular flexibility index (Phi) is 5.31. The van der Waals surface area contributed by atoms with Crippen LogP contribution in [0.15, 0.2) is 42.5 Å². The molecule has 2 aromatic carbocycles. The summed E-state index contributed by atoms with van der Waals surface area (Å²) in [5.41, 5.74) is -0.0800. The highest BCUT2D eigenvalue weighted by Gasteiger charge is 2.15. The summed E-state index contributed by atoms with van der Waals surface area (Å²) in [4.78, 5) is 21.7. The van der Waals surface area contributed by atoms with Crippen molar-refractivity contribution >= 4 is 23.1 Å². The van der Waals surface area contributed by atoms with Gasteiger partial charge in [0.05, 0.1) is 11.0 Å². The van der Waals surface area contributed by atoms with Crippen LogP contribution in [0.25, 0.3) is 0 Å². The topological polar surface area (TPSA) is 93.5 Å². The lowest BCUT2D eigenvalue weighted by molar-refractivity contribution is -0.387. The third-order valence-electron chi connectivity index (χ3n) is 2.88. The lowest BCUT2D eigenvalue weighted by Gasteiger charge is -2.11. The number of ether oxygens (including phenoxy) is 1. The fourth-order valence-corrected chi connectivity index (χ4v) is 1.91. The van der Waals surface area contributed by atoms with E-state index >= 15 is 0 Å². The van der Waals surface area contributed by atoms with E-state index < -0.39 is 22.5 Å². The molecule has 0 saturated heterocycles. The van der Waals surface area contributed by atoms with Crippen LogP contribution in [-0.4, -0.2) is 17.1 Å². The van der Waals surface area contributed by atoms with E-state index in [9.17, 15) is 19.3 Å². The van der Waals surface area contributed by atoms with Gasteiger partial charge in [-0.2, -0.15) is 4.39 Å². The molecule has 0 aliphatic heterocycles. The van der Waals surface area contributed by atoms with E-state index in [-0.39, 0.29) is 11.8 Å². The second kappa shape index (κ2) is 7.40. The molecule has 0 unspecified atom stereocenters. The number of hydrogen-bond acceptors (Lipinski definition) is 4. The predicted octanol–water partition coefficient (Wildman–Crippen LogP) is 4.17. The summed E-state index contributed by atoms with van der Waals surface area (Å²) in [7, 11) is 0. The number of carbonyl (C=O) groups excluding carboxylic acids is 1. The van der Waals surface area contributed by atoms with Crippen LogP contribution in [0.5, 0.6) is 5.75 Å². The molecule has 0 aromatic heterocycles. The van der Waals surface area contributed by atoms with Crippen molar-refractivity contribution in [3.05, 3.63) is 58.4 Å². The number of nitro benzene ring substituents is 1. The van der Waals surface area contributed by atoms with E-state index in [0.717, 1.165) is 12.1 Å². The van der Waals surface area contributed by atoms with Crippen molar-refractivity contribution < 1.29 is 18.8 Å². The molecular formula is C16H16FN3O4. The van der Waals surface area contributed by atoms with Gasteiger partial charge in [0.25, 0.3) is 0 Å². The third kappa shape index (κ3) is 4.67. The molecule has 2 amide bonds. The molecule has 2 N–H and O–H groups in total. The molecule has 7 nitrogen and oxygen atoms in total. The number of amides is 2. The van der Waals surface area contributed by atoms with Crippen LogP contribution < -0.4 is 15.4 Å². The second-order valence-corrected chi connectivity index (χ2v) is 5.19. The SMILES string of the molecule is CC(C)Oc1ccc(NC(=O)Nc2ccc(F)c([N+](=O)[O-])c2)cc1. The number of urea groups is 1. The molecule has 0 atom stereocenters. The summed E-state index contributed by atoms with van der Waals surface area (Å²) in [6, 6.07) is 9.24. The first-order valence-electron chi connectivity index (χ1n) is 7.14. The molecular weight excluding hydrogens is 317 g/mol. The number of halogens is 1. The lowest BCUT2D eigenvalue weighted by Crippen LogP contribution is -2.19. The van der Waals surface area contributed by atoms with Crippen molar-refractivity contribution in [2.75, 3.05) is 10.6 Å². The first-order valence-corrected chi connectivity index (χ1v) is 7.14. The van der Waals surface area contributed by atoms with Gasteiger partial charge in [0, 0.05) is 17.4 Å². The Bertz CT molecular complexity index is 747. The minimum absolute atomic E-state index is 0.0429. The summed E-state index contributed by atoms with van der Waals surface area (Å²) in [6.45, 7) is 3.81. The Morgan fingerprint density at radius 3 is 2.29 bits per heavy atom. The quantitative estimate of drug-likeness (QED) is 0.634. The molecule has 2 rings (SSSR count).